The maximum Gasteiger partial charge on any atom is 0.141 e. The Morgan fingerprint density at radius 3 is 2.56 bits per heavy atom. The molecule has 0 bridgehead atoms. The van der Waals surface area contributed by atoms with Crippen molar-refractivity contribution in [3.8, 4) is 11.1 Å². The van der Waals surface area contributed by atoms with Gasteiger partial charge >= 0.3 is 0 Å². The molecule has 0 atom stereocenters. The van der Waals surface area contributed by atoms with Crippen molar-refractivity contribution >= 4 is 21.7 Å². The SMILES string of the molecule is Cc1noc(C)c1-c1cnc(N)c(Br)c1C. The first-order valence-electron chi connectivity index (χ1n) is 4.86. The molecule has 0 unspecified atom stereocenters. The van der Waals surface area contributed by atoms with Crippen molar-refractivity contribution in [3.05, 3.63) is 27.7 Å². The van der Waals surface area contributed by atoms with E-state index in [1.807, 2.05) is 20.8 Å². The highest BCUT2D eigenvalue weighted by Gasteiger charge is 2.16. The van der Waals surface area contributed by atoms with Gasteiger partial charge in [0, 0.05) is 17.3 Å². The van der Waals surface area contributed by atoms with Gasteiger partial charge in [0.1, 0.15) is 11.6 Å². The molecule has 0 aliphatic rings. The largest absolute Gasteiger partial charge is 0.383 e. The minimum Gasteiger partial charge on any atom is -0.383 e. The predicted molar refractivity (Wildman–Crippen MR) is 66.1 cm³/mol. The molecule has 2 rings (SSSR count). The maximum absolute atomic E-state index is 5.72. The van der Waals surface area contributed by atoms with E-state index in [-0.39, 0.29) is 0 Å². The molecule has 2 aromatic heterocycles. The maximum atomic E-state index is 5.72. The average molecular weight is 282 g/mol. The second-order valence-electron chi connectivity index (χ2n) is 3.70. The molecule has 2 heterocycles. The number of hydrogen-bond acceptors (Lipinski definition) is 4. The first-order chi connectivity index (χ1) is 7.52. The van der Waals surface area contributed by atoms with Crippen molar-refractivity contribution in [1.29, 1.82) is 0 Å². The topological polar surface area (TPSA) is 64.9 Å². The summed E-state index contributed by atoms with van der Waals surface area (Å²) in [7, 11) is 0. The van der Waals surface area contributed by atoms with Gasteiger partial charge in [-0.2, -0.15) is 0 Å². The lowest BCUT2D eigenvalue weighted by molar-refractivity contribution is 0.393. The number of aryl methyl sites for hydroxylation is 2. The number of hydrogen-bond donors (Lipinski definition) is 1. The van der Waals surface area contributed by atoms with E-state index in [1.54, 1.807) is 6.20 Å². The number of nitrogens with zero attached hydrogens (tertiary/aromatic N) is 2. The first kappa shape index (κ1) is 11.1. The van der Waals surface area contributed by atoms with Gasteiger partial charge in [0.05, 0.1) is 10.2 Å². The van der Waals surface area contributed by atoms with Gasteiger partial charge in [0.25, 0.3) is 0 Å². The van der Waals surface area contributed by atoms with Crippen molar-refractivity contribution in [1.82, 2.24) is 10.1 Å². The lowest BCUT2D eigenvalue weighted by atomic mass is 10.0. The molecule has 0 saturated heterocycles. The summed E-state index contributed by atoms with van der Waals surface area (Å²) in [6, 6.07) is 0. The summed E-state index contributed by atoms with van der Waals surface area (Å²) in [5.74, 6) is 1.28. The Morgan fingerprint density at radius 2 is 2.00 bits per heavy atom. The van der Waals surface area contributed by atoms with E-state index in [4.69, 9.17) is 10.3 Å². The van der Waals surface area contributed by atoms with Crippen LogP contribution in [0.1, 0.15) is 17.0 Å². The smallest absolute Gasteiger partial charge is 0.141 e. The Bertz CT molecular complexity index is 529. The Hall–Kier alpha value is -1.36. The van der Waals surface area contributed by atoms with Crippen LogP contribution in [0.3, 0.4) is 0 Å². The molecule has 84 valence electrons. The Kier molecular flexibility index (Phi) is 2.71. The molecular formula is C11H12BrN3O. The highest BCUT2D eigenvalue weighted by molar-refractivity contribution is 9.10. The molecule has 2 N–H and O–H groups in total. The van der Waals surface area contributed by atoms with Crippen LogP contribution in [0.15, 0.2) is 15.2 Å². The Morgan fingerprint density at radius 1 is 1.31 bits per heavy atom. The molecule has 5 heteroatoms. The quantitative estimate of drug-likeness (QED) is 0.873. The zero-order valence-corrected chi connectivity index (χ0v) is 10.9. The predicted octanol–water partition coefficient (Wildman–Crippen LogP) is 3.01. The van der Waals surface area contributed by atoms with Gasteiger partial charge in [-0.05, 0) is 42.3 Å². The fraction of sp³-hybridized carbons (Fsp3) is 0.273. The van der Waals surface area contributed by atoms with E-state index in [1.165, 1.54) is 0 Å². The molecular weight excluding hydrogens is 270 g/mol. The van der Waals surface area contributed by atoms with Crippen LogP contribution in [-0.2, 0) is 0 Å². The third kappa shape index (κ3) is 1.61. The zero-order valence-electron chi connectivity index (χ0n) is 9.34. The van der Waals surface area contributed by atoms with Gasteiger partial charge in [0.2, 0.25) is 0 Å². The van der Waals surface area contributed by atoms with Crippen LogP contribution in [0.2, 0.25) is 0 Å². The van der Waals surface area contributed by atoms with Crippen molar-refractivity contribution in [2.45, 2.75) is 20.8 Å². The third-order valence-electron chi connectivity index (χ3n) is 2.59. The third-order valence-corrected chi connectivity index (χ3v) is 3.59. The lowest BCUT2D eigenvalue weighted by Crippen LogP contribution is -1.96. The molecule has 16 heavy (non-hydrogen) atoms. The van der Waals surface area contributed by atoms with E-state index >= 15 is 0 Å². The van der Waals surface area contributed by atoms with E-state index in [0.29, 0.717) is 5.82 Å². The van der Waals surface area contributed by atoms with Crippen LogP contribution >= 0.6 is 15.9 Å². The Labute approximate surface area is 102 Å². The summed E-state index contributed by atoms with van der Waals surface area (Å²) in [6.45, 7) is 5.79. The number of nitrogens with two attached hydrogens (primary N) is 1. The van der Waals surface area contributed by atoms with Crippen LogP contribution in [-0.4, -0.2) is 10.1 Å². The molecule has 0 amide bonds. The van der Waals surface area contributed by atoms with Crippen LogP contribution in [0.4, 0.5) is 5.82 Å². The number of anilines is 1. The summed E-state index contributed by atoms with van der Waals surface area (Å²) in [5.41, 5.74) is 9.61. The molecule has 0 fully saturated rings. The van der Waals surface area contributed by atoms with E-state index in [2.05, 4.69) is 26.1 Å². The Balaban J connectivity index is 2.71. The molecule has 4 nitrogen and oxygen atoms in total. The van der Waals surface area contributed by atoms with Gasteiger partial charge in [0.15, 0.2) is 0 Å². The summed E-state index contributed by atoms with van der Waals surface area (Å²) < 4.78 is 5.97. The van der Waals surface area contributed by atoms with Crippen molar-refractivity contribution < 1.29 is 4.52 Å². The minimum atomic E-state index is 0.494. The molecule has 0 aliphatic heterocycles. The van der Waals surface area contributed by atoms with E-state index < -0.39 is 0 Å². The molecule has 0 radical (unpaired) electrons. The standard InChI is InChI=1S/C11H12BrN3O/c1-5-8(4-14-11(13)10(5)12)9-6(2)15-16-7(9)3/h4H,1-3H3,(H2,13,14). The van der Waals surface area contributed by atoms with Crippen LogP contribution in [0, 0.1) is 20.8 Å². The van der Waals surface area contributed by atoms with Gasteiger partial charge in [-0.1, -0.05) is 5.16 Å². The number of aromatic nitrogens is 2. The second-order valence-corrected chi connectivity index (χ2v) is 4.49. The normalized spacial score (nSPS) is 10.8. The second kappa shape index (κ2) is 3.90. The average Bonchev–Trinajstić information content (AvgIpc) is 2.57. The molecule has 0 aromatic carbocycles. The number of nitrogen functional groups attached to an aromatic ring is 1. The van der Waals surface area contributed by atoms with Gasteiger partial charge in [-0.15, -0.1) is 0 Å². The summed E-state index contributed by atoms with van der Waals surface area (Å²) in [5, 5.41) is 3.94. The highest BCUT2D eigenvalue weighted by atomic mass is 79.9. The van der Waals surface area contributed by atoms with E-state index in [0.717, 1.165) is 32.6 Å². The fourth-order valence-corrected chi connectivity index (χ4v) is 2.03. The molecule has 0 aliphatic carbocycles. The highest BCUT2D eigenvalue weighted by Crippen LogP contribution is 2.34. The number of halogens is 1. The number of pyridine rings is 1. The zero-order chi connectivity index (χ0) is 11.9. The fourth-order valence-electron chi connectivity index (χ4n) is 1.72. The first-order valence-corrected chi connectivity index (χ1v) is 5.65. The van der Waals surface area contributed by atoms with Crippen molar-refractivity contribution in [2.75, 3.05) is 5.73 Å². The van der Waals surface area contributed by atoms with Gasteiger partial charge in [-0.25, -0.2) is 4.98 Å². The van der Waals surface area contributed by atoms with Gasteiger partial charge < -0.3 is 10.3 Å². The van der Waals surface area contributed by atoms with Crippen molar-refractivity contribution in [3.63, 3.8) is 0 Å². The van der Waals surface area contributed by atoms with Crippen LogP contribution < -0.4 is 5.73 Å². The van der Waals surface area contributed by atoms with Crippen molar-refractivity contribution in [2.24, 2.45) is 0 Å². The monoisotopic (exact) mass is 281 g/mol. The molecule has 0 saturated carbocycles. The minimum absolute atomic E-state index is 0.494. The molecule has 0 spiro atoms. The van der Waals surface area contributed by atoms with Crippen LogP contribution in [0.5, 0.6) is 0 Å². The summed E-state index contributed by atoms with van der Waals surface area (Å²) in [4.78, 5) is 4.14. The van der Waals surface area contributed by atoms with E-state index in [9.17, 15) is 0 Å². The number of rotatable bonds is 1. The summed E-state index contributed by atoms with van der Waals surface area (Å²) >= 11 is 3.43. The molecule has 2 aromatic rings. The lowest BCUT2D eigenvalue weighted by Gasteiger charge is -2.08. The van der Waals surface area contributed by atoms with Gasteiger partial charge in [-0.3, -0.25) is 0 Å². The van der Waals surface area contributed by atoms with Crippen LogP contribution in [0.25, 0.3) is 11.1 Å². The summed E-state index contributed by atoms with van der Waals surface area (Å²) in [6.07, 6.45) is 1.75.